The number of hydrogen-bond donors (Lipinski definition) is 5. The highest BCUT2D eigenvalue weighted by Gasteiger charge is 2.80. The van der Waals surface area contributed by atoms with Crippen LogP contribution in [0.15, 0.2) is 48.6 Å². The van der Waals surface area contributed by atoms with Gasteiger partial charge in [-0.25, -0.2) is 4.79 Å². The number of nitrogens with one attached hydrogen (secondary N) is 1. The largest absolute Gasteiger partial charge is 0.496 e. The molecule has 5 N–H and O–H groups in total. The number of carbonyl (C=O) groups excluding carboxylic acids is 3. The smallest absolute Gasteiger partial charge is 0.394 e. The van der Waals surface area contributed by atoms with Crippen molar-refractivity contribution in [1.82, 2.24) is 14.8 Å². The number of anilines is 1. The lowest BCUT2D eigenvalue weighted by Crippen LogP contribution is -2.81. The van der Waals surface area contributed by atoms with Gasteiger partial charge in [-0.15, -0.1) is 0 Å². The van der Waals surface area contributed by atoms with Crippen molar-refractivity contribution in [3.63, 3.8) is 0 Å². The van der Waals surface area contributed by atoms with Crippen molar-refractivity contribution < 1.29 is 61.1 Å². The van der Waals surface area contributed by atoms with E-state index in [2.05, 4.69) is 39.1 Å². The minimum absolute atomic E-state index is 0.0986. The van der Waals surface area contributed by atoms with Crippen LogP contribution in [0, 0.1) is 11.3 Å². The summed E-state index contributed by atoms with van der Waals surface area (Å²) in [6.45, 7) is 8.62. The number of H-pyrrole nitrogens is 1. The van der Waals surface area contributed by atoms with Gasteiger partial charge in [-0.1, -0.05) is 44.2 Å². The molecular weight excluding hydrogens is 849 g/mol. The Morgan fingerprint density at radius 3 is 2.28 bits per heavy atom. The third-order valence-corrected chi connectivity index (χ3v) is 15.6. The molecule has 64 heavy (non-hydrogen) atoms. The normalized spacial score (nSPS) is 35.0. The van der Waals surface area contributed by atoms with Gasteiger partial charge in [0, 0.05) is 90.9 Å². The molecule has 9 rings (SSSR count). The van der Waals surface area contributed by atoms with E-state index in [1.165, 1.54) is 21.1 Å². The number of benzene rings is 2. The summed E-state index contributed by atoms with van der Waals surface area (Å²) >= 11 is 0. The lowest BCUT2D eigenvalue weighted by molar-refractivity contribution is -0.228. The number of piperidine rings is 1. The number of methoxy groups -OCH3 is 3. The van der Waals surface area contributed by atoms with E-state index in [4.69, 9.17) is 36.5 Å². The first-order valence-corrected chi connectivity index (χ1v) is 23.3. The van der Waals surface area contributed by atoms with Crippen molar-refractivity contribution in [3.05, 3.63) is 70.9 Å². The van der Waals surface area contributed by atoms with Gasteiger partial charge in [-0.05, 0) is 74.2 Å². The molecular formula is C46H60N4O13S. The fraction of sp³-hybridized carbons (Fsp3) is 0.587. The molecule has 2 bridgehead atoms. The highest BCUT2D eigenvalue weighted by atomic mass is 32.3. The van der Waals surface area contributed by atoms with Crippen molar-refractivity contribution in [1.29, 1.82) is 0 Å². The van der Waals surface area contributed by atoms with Crippen LogP contribution in [0.2, 0.25) is 0 Å². The number of carbonyl (C=O) groups is 3. The summed E-state index contributed by atoms with van der Waals surface area (Å²) < 4.78 is 55.5. The molecule has 3 fully saturated rings. The standard InChI is InChI=1S/C46H58N4O9.H2O4S/c1-8-42(54)23-28-24-45(40(52)57-6,36-30(15-19-49(25-28)26-42)29-13-10-11-14-33(29)47-36)32-21-31-34(22-35(32)56-5)48(4)38-44(31)17-20-50-18-12-16-43(9-2,37(44)50)39(59-27(3)51)46(38,55)41(53)58-7;1-5(2,3)4/h10-14,16,21-22,28,37-39,47,54-55H,8-9,15,17-20,23-26H2,1-7H3;(H2,1,2,3,4)/t28?,37?,38?,39?,42-,43+,44+,45-,46-;/m0./s1. The minimum atomic E-state index is -4.67. The summed E-state index contributed by atoms with van der Waals surface area (Å²) in [6, 6.07) is 11.0. The number of nitrogens with zero attached hydrogens (tertiary/aromatic N) is 3. The molecule has 1 spiro atoms. The summed E-state index contributed by atoms with van der Waals surface area (Å²) in [6.07, 6.45) is 5.94. The van der Waals surface area contributed by atoms with Gasteiger partial charge in [0.2, 0.25) is 5.60 Å². The number of likely N-dealkylation sites (N-methyl/N-ethyl adjacent to an activating group) is 1. The molecule has 5 unspecified atom stereocenters. The number of para-hydroxylation sites is 1. The maximum atomic E-state index is 15.3. The molecule has 1 aliphatic carbocycles. The number of aromatic nitrogens is 1. The number of fused-ring (bicyclic) bond motifs is 6. The molecule has 2 aromatic carbocycles. The second-order valence-electron chi connectivity index (χ2n) is 18.7. The molecule has 0 radical (unpaired) electrons. The monoisotopic (exact) mass is 908 g/mol. The van der Waals surface area contributed by atoms with Crippen LogP contribution in [-0.2, 0) is 56.2 Å². The summed E-state index contributed by atoms with van der Waals surface area (Å²) in [7, 11) is 1.49. The lowest BCUT2D eigenvalue weighted by atomic mass is 9.47. The molecule has 6 aliphatic rings. The molecule has 1 aromatic heterocycles. The van der Waals surface area contributed by atoms with E-state index in [0.29, 0.717) is 82.6 Å². The zero-order valence-electron chi connectivity index (χ0n) is 37.4. The van der Waals surface area contributed by atoms with E-state index in [1.807, 2.05) is 50.1 Å². The van der Waals surface area contributed by atoms with E-state index >= 15 is 4.79 Å². The first-order chi connectivity index (χ1) is 30.2. The van der Waals surface area contributed by atoms with Gasteiger partial charge in [-0.2, -0.15) is 8.42 Å². The third kappa shape index (κ3) is 6.69. The van der Waals surface area contributed by atoms with Crippen LogP contribution >= 0.6 is 0 Å². The van der Waals surface area contributed by atoms with Gasteiger partial charge in [0.15, 0.2) is 6.10 Å². The maximum absolute atomic E-state index is 15.3. The predicted molar refractivity (Wildman–Crippen MR) is 235 cm³/mol. The van der Waals surface area contributed by atoms with Crippen molar-refractivity contribution in [3.8, 4) is 5.75 Å². The second-order valence-corrected chi connectivity index (χ2v) is 19.5. The quantitative estimate of drug-likeness (QED) is 0.0992. The molecule has 18 heteroatoms. The van der Waals surface area contributed by atoms with Crippen LogP contribution in [0.5, 0.6) is 5.75 Å². The zero-order chi connectivity index (χ0) is 46.4. The first-order valence-electron chi connectivity index (χ1n) is 21.9. The third-order valence-electron chi connectivity index (χ3n) is 15.6. The number of hydrogen-bond acceptors (Lipinski definition) is 14. The van der Waals surface area contributed by atoms with Crippen LogP contribution < -0.4 is 9.64 Å². The van der Waals surface area contributed by atoms with Crippen molar-refractivity contribution >= 4 is 44.9 Å². The topological polar surface area (TPSA) is 229 Å². The van der Waals surface area contributed by atoms with Crippen LogP contribution in [0.25, 0.3) is 10.9 Å². The number of aromatic amines is 1. The van der Waals surface area contributed by atoms with E-state index in [1.54, 1.807) is 7.11 Å². The number of rotatable bonds is 7. The highest BCUT2D eigenvalue weighted by molar-refractivity contribution is 7.79. The minimum Gasteiger partial charge on any atom is -0.496 e. The van der Waals surface area contributed by atoms with Crippen LogP contribution in [-0.4, -0.2) is 151 Å². The van der Waals surface area contributed by atoms with Crippen LogP contribution in [0.3, 0.4) is 0 Å². The summed E-state index contributed by atoms with van der Waals surface area (Å²) in [4.78, 5) is 53.2. The molecule has 0 amide bonds. The Hall–Kier alpha value is -4.56. The molecule has 5 aliphatic heterocycles. The van der Waals surface area contributed by atoms with Crippen LogP contribution in [0.1, 0.15) is 75.3 Å². The average Bonchev–Trinajstić information content (AvgIpc) is 3.92. The Kier molecular flexibility index (Phi) is 11.6. The van der Waals surface area contributed by atoms with Gasteiger partial charge >= 0.3 is 28.3 Å². The Balaban J connectivity index is 0.00000106. The Morgan fingerprint density at radius 1 is 0.938 bits per heavy atom. The van der Waals surface area contributed by atoms with E-state index in [9.17, 15) is 19.8 Å². The maximum Gasteiger partial charge on any atom is 0.394 e. The number of ether oxygens (including phenoxy) is 4. The lowest BCUT2D eigenvalue weighted by Gasteiger charge is -2.63. The summed E-state index contributed by atoms with van der Waals surface area (Å²) in [5.74, 6) is -1.56. The van der Waals surface area contributed by atoms with Gasteiger partial charge in [0.05, 0.1) is 33.0 Å². The molecule has 2 saturated heterocycles. The fourth-order valence-corrected chi connectivity index (χ4v) is 13.5. The van der Waals surface area contributed by atoms with Crippen LogP contribution in [0.4, 0.5) is 5.69 Å². The van der Waals surface area contributed by atoms with E-state index in [-0.39, 0.29) is 12.0 Å². The van der Waals surface area contributed by atoms with Gasteiger partial charge in [-0.3, -0.25) is 28.5 Å². The summed E-state index contributed by atoms with van der Waals surface area (Å²) in [5.41, 5.74) is -1.62. The Labute approximate surface area is 373 Å². The molecule has 6 heterocycles. The first kappa shape index (κ1) is 46.0. The van der Waals surface area contributed by atoms with E-state index in [0.717, 1.165) is 33.4 Å². The van der Waals surface area contributed by atoms with Gasteiger partial charge in [0.25, 0.3) is 0 Å². The molecule has 17 nitrogen and oxygen atoms in total. The molecule has 10 atom stereocenters. The zero-order valence-corrected chi connectivity index (χ0v) is 38.2. The van der Waals surface area contributed by atoms with Crippen molar-refractivity contribution in [2.24, 2.45) is 11.3 Å². The van der Waals surface area contributed by atoms with Crippen molar-refractivity contribution in [2.45, 2.75) is 99.5 Å². The Bertz CT molecular complexity index is 2500. The van der Waals surface area contributed by atoms with Gasteiger partial charge in [0.1, 0.15) is 11.2 Å². The Morgan fingerprint density at radius 2 is 1.64 bits per heavy atom. The van der Waals surface area contributed by atoms with E-state index < -0.39 is 67.9 Å². The summed E-state index contributed by atoms with van der Waals surface area (Å²) in [5, 5.41) is 26.3. The number of esters is 3. The fourth-order valence-electron chi connectivity index (χ4n) is 13.5. The molecule has 348 valence electrons. The highest BCUT2D eigenvalue weighted by Crippen LogP contribution is 2.68. The second kappa shape index (κ2) is 16.1. The predicted octanol–water partition coefficient (Wildman–Crippen LogP) is 3.34. The van der Waals surface area contributed by atoms with Gasteiger partial charge < -0.3 is 39.0 Å². The molecule has 3 aromatic rings. The SMILES string of the molecule is CC[C@]1(O)CC2CN(CCc3c([nH]c4ccccc34)[C@@](C(=O)OC)(c3cc4c(cc3OC)N(C)C3[C@@](O)(C(=O)OC)C(OC(C)=O)[C@]5(CC)C=CCN6CC[C@]43C65)C2)C1.O=S(=O)(O)O. The number of aliphatic hydroxyl groups is 2. The van der Waals surface area contributed by atoms with Crippen molar-refractivity contribution in [2.75, 3.05) is 66.0 Å². The average molecular weight is 909 g/mol. The molecule has 1 saturated carbocycles.